The van der Waals surface area contributed by atoms with Crippen molar-refractivity contribution in [3.63, 3.8) is 0 Å². The summed E-state index contributed by atoms with van der Waals surface area (Å²) in [5.74, 6) is 0.626. The van der Waals surface area contributed by atoms with Crippen molar-refractivity contribution in [2.75, 3.05) is 13.7 Å². The van der Waals surface area contributed by atoms with Crippen molar-refractivity contribution in [1.29, 1.82) is 0 Å². The predicted octanol–water partition coefficient (Wildman–Crippen LogP) is 3.92. The Morgan fingerprint density at radius 2 is 1.41 bits per heavy atom. The zero-order chi connectivity index (χ0) is 23.5. The standard InChI is InChI=1S/C27H24N4O3/c1-34-17-16-30-25-23(26(32)29-27(30)33)31(18-19-8-4-2-5-9-19)24(28-25)22-14-12-21(13-15-22)20-10-6-3-7-11-20/h2-15H,16-18H2,1H3,(H,29,32,33). The van der Waals surface area contributed by atoms with Crippen molar-refractivity contribution in [1.82, 2.24) is 19.1 Å². The Balaban J connectivity index is 1.70. The molecule has 34 heavy (non-hydrogen) atoms. The second-order valence-electron chi connectivity index (χ2n) is 8.03. The molecule has 0 radical (unpaired) electrons. The molecule has 0 unspecified atom stereocenters. The summed E-state index contributed by atoms with van der Waals surface area (Å²) < 4.78 is 8.51. The first-order valence-corrected chi connectivity index (χ1v) is 11.1. The number of hydrogen-bond acceptors (Lipinski definition) is 4. The van der Waals surface area contributed by atoms with Crippen LogP contribution in [-0.2, 0) is 17.8 Å². The van der Waals surface area contributed by atoms with E-state index >= 15 is 0 Å². The topological polar surface area (TPSA) is 81.9 Å². The maximum Gasteiger partial charge on any atom is 0.330 e. The summed E-state index contributed by atoms with van der Waals surface area (Å²) in [6.07, 6.45) is 0. The zero-order valence-corrected chi connectivity index (χ0v) is 18.8. The molecule has 5 rings (SSSR count). The molecule has 7 heteroatoms. The van der Waals surface area contributed by atoms with Crippen LogP contribution in [0, 0.1) is 0 Å². The Kier molecular flexibility index (Phi) is 5.93. The summed E-state index contributed by atoms with van der Waals surface area (Å²) in [6, 6.07) is 28.1. The molecule has 7 nitrogen and oxygen atoms in total. The lowest BCUT2D eigenvalue weighted by molar-refractivity contribution is 0.187. The second-order valence-corrected chi connectivity index (χ2v) is 8.03. The Morgan fingerprint density at radius 1 is 0.794 bits per heavy atom. The zero-order valence-electron chi connectivity index (χ0n) is 18.8. The minimum atomic E-state index is -0.495. The van der Waals surface area contributed by atoms with Crippen LogP contribution in [0.4, 0.5) is 0 Å². The van der Waals surface area contributed by atoms with E-state index in [1.54, 1.807) is 7.11 Å². The number of hydrogen-bond donors (Lipinski definition) is 1. The van der Waals surface area contributed by atoms with Crippen LogP contribution in [0.5, 0.6) is 0 Å². The number of nitrogens with zero attached hydrogens (tertiary/aromatic N) is 3. The number of H-pyrrole nitrogens is 1. The fourth-order valence-corrected chi connectivity index (χ4v) is 4.15. The molecular formula is C27H24N4O3. The van der Waals surface area contributed by atoms with Crippen LogP contribution in [0.25, 0.3) is 33.7 Å². The van der Waals surface area contributed by atoms with Gasteiger partial charge in [-0.1, -0.05) is 84.9 Å². The van der Waals surface area contributed by atoms with Gasteiger partial charge >= 0.3 is 5.69 Å². The highest BCUT2D eigenvalue weighted by Crippen LogP contribution is 2.27. The number of benzene rings is 3. The van der Waals surface area contributed by atoms with E-state index in [1.165, 1.54) is 4.57 Å². The summed E-state index contributed by atoms with van der Waals surface area (Å²) in [4.78, 5) is 32.8. The average Bonchev–Trinajstić information content (AvgIpc) is 3.24. The number of rotatable bonds is 7. The van der Waals surface area contributed by atoms with Gasteiger partial charge in [0.25, 0.3) is 5.56 Å². The normalized spacial score (nSPS) is 11.2. The van der Waals surface area contributed by atoms with Crippen LogP contribution in [0.3, 0.4) is 0 Å². The van der Waals surface area contributed by atoms with Crippen LogP contribution in [0.1, 0.15) is 5.56 Å². The number of nitrogens with one attached hydrogen (secondary N) is 1. The van der Waals surface area contributed by atoms with E-state index in [9.17, 15) is 9.59 Å². The first-order valence-electron chi connectivity index (χ1n) is 11.1. The van der Waals surface area contributed by atoms with E-state index in [1.807, 2.05) is 77.4 Å². The van der Waals surface area contributed by atoms with Crippen molar-refractivity contribution in [3.8, 4) is 22.5 Å². The van der Waals surface area contributed by atoms with Crippen molar-refractivity contribution >= 4 is 11.2 Å². The molecule has 0 bridgehead atoms. The molecule has 0 saturated heterocycles. The average molecular weight is 453 g/mol. The maximum absolute atomic E-state index is 13.0. The monoisotopic (exact) mass is 452 g/mol. The smallest absolute Gasteiger partial charge is 0.330 e. The van der Waals surface area contributed by atoms with Gasteiger partial charge in [0.15, 0.2) is 11.2 Å². The SMILES string of the molecule is COCCn1c(=O)[nH]c(=O)c2c1nc(-c1ccc(-c3ccccc3)cc1)n2Cc1ccccc1. The number of imidazole rings is 1. The van der Waals surface area contributed by atoms with Crippen molar-refractivity contribution < 1.29 is 4.74 Å². The number of ether oxygens (including phenoxy) is 1. The van der Waals surface area contributed by atoms with Crippen LogP contribution in [-0.4, -0.2) is 32.8 Å². The molecule has 0 aliphatic carbocycles. The van der Waals surface area contributed by atoms with Gasteiger partial charge in [0, 0.05) is 19.2 Å². The molecule has 2 heterocycles. The first kappa shape index (κ1) is 21.6. The van der Waals surface area contributed by atoms with Gasteiger partial charge in [-0.2, -0.15) is 0 Å². The Hall–Kier alpha value is -4.23. The van der Waals surface area contributed by atoms with Crippen LogP contribution >= 0.6 is 0 Å². The minimum Gasteiger partial charge on any atom is -0.383 e. The van der Waals surface area contributed by atoms with Gasteiger partial charge in [0.1, 0.15) is 5.82 Å². The fraction of sp³-hybridized carbons (Fsp3) is 0.148. The summed E-state index contributed by atoms with van der Waals surface area (Å²) in [6.45, 7) is 1.06. The summed E-state index contributed by atoms with van der Waals surface area (Å²) in [5, 5.41) is 0. The predicted molar refractivity (Wildman–Crippen MR) is 133 cm³/mol. The number of aromatic amines is 1. The Morgan fingerprint density at radius 3 is 2.09 bits per heavy atom. The highest BCUT2D eigenvalue weighted by atomic mass is 16.5. The first-order chi connectivity index (χ1) is 16.7. The minimum absolute atomic E-state index is 0.289. The van der Waals surface area contributed by atoms with E-state index in [0.717, 1.165) is 22.3 Å². The van der Waals surface area contributed by atoms with Crippen LogP contribution < -0.4 is 11.2 Å². The van der Waals surface area contributed by atoms with E-state index < -0.39 is 11.2 Å². The third kappa shape index (κ3) is 4.09. The Bertz CT molecular complexity index is 1530. The van der Waals surface area contributed by atoms with Gasteiger partial charge in [-0.05, 0) is 16.7 Å². The lowest BCUT2D eigenvalue weighted by atomic mass is 10.0. The van der Waals surface area contributed by atoms with Crippen molar-refractivity contribution in [2.24, 2.45) is 0 Å². The summed E-state index contributed by atoms with van der Waals surface area (Å²) >= 11 is 0. The molecule has 1 N–H and O–H groups in total. The lowest BCUT2D eigenvalue weighted by Gasteiger charge is -2.10. The molecule has 3 aromatic carbocycles. The molecule has 0 amide bonds. The third-order valence-electron chi connectivity index (χ3n) is 5.84. The van der Waals surface area contributed by atoms with Crippen molar-refractivity contribution in [2.45, 2.75) is 13.1 Å². The molecular weight excluding hydrogens is 428 g/mol. The molecule has 0 fully saturated rings. The third-order valence-corrected chi connectivity index (χ3v) is 5.84. The van der Waals surface area contributed by atoms with E-state index in [0.29, 0.717) is 30.1 Å². The quantitative estimate of drug-likeness (QED) is 0.406. The fourth-order valence-electron chi connectivity index (χ4n) is 4.15. The molecule has 0 atom stereocenters. The Labute approximate surface area is 195 Å². The summed E-state index contributed by atoms with van der Waals surface area (Å²) in [7, 11) is 1.57. The molecule has 0 aliphatic rings. The molecule has 0 spiro atoms. The van der Waals surface area contributed by atoms with Crippen LogP contribution in [0.2, 0.25) is 0 Å². The van der Waals surface area contributed by atoms with Gasteiger partial charge in [0.2, 0.25) is 0 Å². The van der Waals surface area contributed by atoms with Crippen molar-refractivity contribution in [3.05, 3.63) is 111 Å². The van der Waals surface area contributed by atoms with Crippen LogP contribution in [0.15, 0.2) is 94.5 Å². The number of fused-ring (bicyclic) bond motifs is 1. The lowest BCUT2D eigenvalue weighted by Crippen LogP contribution is -2.32. The molecule has 0 aliphatic heterocycles. The van der Waals surface area contributed by atoms with Gasteiger partial charge in [-0.25, -0.2) is 9.78 Å². The van der Waals surface area contributed by atoms with Gasteiger partial charge in [-0.15, -0.1) is 0 Å². The van der Waals surface area contributed by atoms with Gasteiger partial charge in [0.05, 0.1) is 13.2 Å². The van der Waals surface area contributed by atoms with E-state index in [4.69, 9.17) is 9.72 Å². The molecule has 2 aromatic heterocycles. The number of methoxy groups -OCH3 is 1. The largest absolute Gasteiger partial charge is 0.383 e. The molecule has 170 valence electrons. The summed E-state index contributed by atoms with van der Waals surface area (Å²) in [5.41, 5.74) is 3.86. The molecule has 0 saturated carbocycles. The number of aromatic nitrogens is 4. The highest BCUT2D eigenvalue weighted by molar-refractivity contribution is 5.78. The van der Waals surface area contributed by atoms with Gasteiger partial charge < -0.3 is 9.30 Å². The van der Waals surface area contributed by atoms with Gasteiger partial charge in [-0.3, -0.25) is 14.3 Å². The van der Waals surface area contributed by atoms with E-state index in [-0.39, 0.29) is 6.54 Å². The maximum atomic E-state index is 13.0. The molecule has 5 aromatic rings. The van der Waals surface area contributed by atoms with E-state index in [2.05, 4.69) is 17.1 Å². The second kappa shape index (κ2) is 9.33. The highest BCUT2D eigenvalue weighted by Gasteiger charge is 2.20.